The molecule has 1 rings (SSSR count). The lowest BCUT2D eigenvalue weighted by atomic mass is 9.96. The molecule has 3 nitrogen and oxygen atoms in total. The van der Waals surface area contributed by atoms with Crippen LogP contribution in [-0.2, 0) is 5.41 Å². The summed E-state index contributed by atoms with van der Waals surface area (Å²) in [6, 6.07) is 0. The maximum atomic E-state index is 4.02. The van der Waals surface area contributed by atoms with Crippen molar-refractivity contribution in [1.29, 1.82) is 0 Å². The number of nitrogens with zero attached hydrogens (tertiary/aromatic N) is 2. The number of aromatic amines is 1. The molecule has 1 heterocycles. The molecule has 0 unspecified atom stereocenters. The van der Waals surface area contributed by atoms with Gasteiger partial charge in [-0.25, -0.2) is 4.98 Å². The number of rotatable bonds is 0. The molecule has 1 aromatic rings. The Balaban J connectivity index is 0.000000810. The lowest BCUT2D eigenvalue weighted by Crippen LogP contribution is -2.13. The minimum Gasteiger partial charge on any atom is -0.263 e. The quantitative estimate of drug-likeness (QED) is 0.571. The van der Waals surface area contributed by atoms with Gasteiger partial charge in [0.2, 0.25) is 0 Å². The van der Waals surface area contributed by atoms with E-state index in [1.54, 1.807) is 0 Å². The molecule has 0 aromatic carbocycles. The van der Waals surface area contributed by atoms with Crippen LogP contribution in [0.4, 0.5) is 0 Å². The van der Waals surface area contributed by atoms with Gasteiger partial charge in [-0.1, -0.05) is 20.8 Å². The van der Waals surface area contributed by atoms with Gasteiger partial charge in [0, 0.05) is 6.84 Å². The first kappa shape index (κ1) is 6.26. The van der Waals surface area contributed by atoms with Crippen LogP contribution in [0.15, 0.2) is 6.33 Å². The van der Waals surface area contributed by atoms with Gasteiger partial charge in [-0.2, -0.15) is 5.10 Å². The van der Waals surface area contributed by atoms with Crippen molar-refractivity contribution >= 4 is 0 Å². The van der Waals surface area contributed by atoms with Crippen molar-refractivity contribution in [3.05, 3.63) is 12.2 Å². The fourth-order valence-corrected chi connectivity index (χ4v) is 0.567. The van der Waals surface area contributed by atoms with Gasteiger partial charge < -0.3 is 0 Å². The van der Waals surface area contributed by atoms with Gasteiger partial charge in [-0.3, -0.25) is 5.10 Å². The molecule has 52 valence electrons. The normalized spacial score (nSPS) is 11.9. The van der Waals surface area contributed by atoms with E-state index in [1.807, 2.05) is 0 Å². The first-order valence-corrected chi connectivity index (χ1v) is 2.96. The van der Waals surface area contributed by atoms with Gasteiger partial charge in [0.25, 0.3) is 0 Å². The SMILES string of the molecule is CC(C)(C)c1ncn[nH]1.[HH]. The Morgan fingerprint density at radius 3 is 2.44 bits per heavy atom. The van der Waals surface area contributed by atoms with Crippen molar-refractivity contribution < 1.29 is 1.43 Å². The molecule has 0 fully saturated rings. The average Bonchev–Trinajstić information content (AvgIpc) is 2.08. The largest absolute Gasteiger partial charge is 0.263 e. The van der Waals surface area contributed by atoms with Gasteiger partial charge in [-0.15, -0.1) is 0 Å². The van der Waals surface area contributed by atoms with E-state index in [0.29, 0.717) is 0 Å². The molecular formula is C6H13N3. The smallest absolute Gasteiger partial charge is 0.137 e. The number of hydrogen-bond donors (Lipinski definition) is 1. The minimum atomic E-state index is 0. The first-order valence-electron chi connectivity index (χ1n) is 2.96. The molecule has 0 aliphatic heterocycles. The zero-order valence-corrected chi connectivity index (χ0v) is 5.97. The summed E-state index contributed by atoms with van der Waals surface area (Å²) in [5, 5.41) is 6.57. The molecule has 0 aliphatic rings. The van der Waals surface area contributed by atoms with Crippen LogP contribution in [0.5, 0.6) is 0 Å². The Morgan fingerprint density at radius 2 is 2.22 bits per heavy atom. The predicted octanol–water partition coefficient (Wildman–Crippen LogP) is 1.35. The number of nitrogens with one attached hydrogen (secondary N) is 1. The van der Waals surface area contributed by atoms with Crippen molar-refractivity contribution in [2.45, 2.75) is 26.2 Å². The summed E-state index contributed by atoms with van der Waals surface area (Å²) >= 11 is 0. The molecule has 0 radical (unpaired) electrons. The topological polar surface area (TPSA) is 41.6 Å². The van der Waals surface area contributed by atoms with Crippen LogP contribution >= 0.6 is 0 Å². The van der Waals surface area contributed by atoms with Crippen molar-refractivity contribution in [2.75, 3.05) is 0 Å². The summed E-state index contributed by atoms with van der Waals surface area (Å²) in [7, 11) is 0. The molecule has 1 aromatic heterocycles. The highest BCUT2D eigenvalue weighted by Gasteiger charge is 2.15. The van der Waals surface area contributed by atoms with Gasteiger partial charge in [-0.05, 0) is 0 Å². The van der Waals surface area contributed by atoms with Crippen LogP contribution < -0.4 is 0 Å². The van der Waals surface area contributed by atoms with E-state index in [9.17, 15) is 0 Å². The van der Waals surface area contributed by atoms with E-state index in [-0.39, 0.29) is 6.84 Å². The van der Waals surface area contributed by atoms with E-state index in [2.05, 4.69) is 36.0 Å². The second kappa shape index (κ2) is 1.83. The van der Waals surface area contributed by atoms with Crippen LogP contribution in [0.2, 0.25) is 0 Å². The van der Waals surface area contributed by atoms with Crippen LogP contribution in [0.3, 0.4) is 0 Å². The number of hydrogen-bond acceptors (Lipinski definition) is 2. The van der Waals surface area contributed by atoms with E-state index in [4.69, 9.17) is 0 Å². The standard InChI is InChI=1S/C6H11N3.H2/c1-6(2,3)5-7-4-8-9-5;/h4H,1-3H3,(H,7,8,9);1H. The third-order valence-corrected chi connectivity index (χ3v) is 1.13. The van der Waals surface area contributed by atoms with E-state index >= 15 is 0 Å². The first-order chi connectivity index (χ1) is 4.11. The lowest BCUT2D eigenvalue weighted by molar-refractivity contribution is 0.548. The molecule has 0 aliphatic carbocycles. The summed E-state index contributed by atoms with van der Waals surface area (Å²) in [4.78, 5) is 4.02. The average molecular weight is 127 g/mol. The zero-order chi connectivity index (χ0) is 6.91. The van der Waals surface area contributed by atoms with Crippen molar-refractivity contribution in [3.8, 4) is 0 Å². The molecule has 9 heavy (non-hydrogen) atoms. The fraction of sp³-hybridized carbons (Fsp3) is 0.667. The fourth-order valence-electron chi connectivity index (χ4n) is 0.567. The summed E-state index contributed by atoms with van der Waals surface area (Å²) in [5.74, 6) is 0.933. The van der Waals surface area contributed by atoms with Crippen LogP contribution in [0, 0.1) is 0 Å². The van der Waals surface area contributed by atoms with Crippen LogP contribution in [0.25, 0.3) is 0 Å². The third kappa shape index (κ3) is 1.28. The Morgan fingerprint density at radius 1 is 1.56 bits per heavy atom. The maximum Gasteiger partial charge on any atom is 0.137 e. The summed E-state index contributed by atoms with van der Waals surface area (Å²) < 4.78 is 0. The van der Waals surface area contributed by atoms with E-state index in [1.165, 1.54) is 6.33 Å². The monoisotopic (exact) mass is 127 g/mol. The predicted molar refractivity (Wildman–Crippen MR) is 37.2 cm³/mol. The maximum absolute atomic E-state index is 4.02. The molecule has 0 amide bonds. The van der Waals surface area contributed by atoms with Gasteiger partial charge in [0.05, 0.1) is 0 Å². The van der Waals surface area contributed by atoms with Crippen molar-refractivity contribution in [3.63, 3.8) is 0 Å². The second-order valence-corrected chi connectivity index (χ2v) is 3.08. The molecular weight excluding hydrogens is 114 g/mol. The third-order valence-electron chi connectivity index (χ3n) is 1.13. The van der Waals surface area contributed by atoms with E-state index in [0.717, 1.165) is 5.82 Å². The van der Waals surface area contributed by atoms with Crippen LogP contribution in [-0.4, -0.2) is 15.2 Å². The Labute approximate surface area is 56.0 Å². The molecule has 1 N–H and O–H groups in total. The van der Waals surface area contributed by atoms with Gasteiger partial charge in [0.15, 0.2) is 0 Å². The Hall–Kier alpha value is -0.860. The molecule has 0 saturated heterocycles. The summed E-state index contributed by atoms with van der Waals surface area (Å²) in [5.41, 5.74) is 0.0938. The minimum absolute atomic E-state index is 0. The summed E-state index contributed by atoms with van der Waals surface area (Å²) in [6.45, 7) is 6.27. The lowest BCUT2D eigenvalue weighted by Gasteiger charge is -2.12. The van der Waals surface area contributed by atoms with E-state index < -0.39 is 0 Å². The highest BCUT2D eigenvalue weighted by molar-refractivity contribution is 4.97. The highest BCUT2D eigenvalue weighted by atomic mass is 15.2. The molecule has 0 bridgehead atoms. The highest BCUT2D eigenvalue weighted by Crippen LogP contribution is 2.15. The molecule has 0 atom stereocenters. The van der Waals surface area contributed by atoms with Crippen LogP contribution in [0.1, 0.15) is 28.0 Å². The Bertz CT molecular complexity index is 175. The molecule has 0 spiro atoms. The number of aromatic nitrogens is 3. The molecule has 0 saturated carbocycles. The number of H-pyrrole nitrogens is 1. The van der Waals surface area contributed by atoms with Gasteiger partial charge >= 0.3 is 0 Å². The summed E-state index contributed by atoms with van der Waals surface area (Å²) in [6.07, 6.45) is 1.53. The Kier molecular flexibility index (Phi) is 1.27. The van der Waals surface area contributed by atoms with Crippen molar-refractivity contribution in [1.82, 2.24) is 15.2 Å². The second-order valence-electron chi connectivity index (χ2n) is 3.08. The molecule has 3 heteroatoms. The van der Waals surface area contributed by atoms with Gasteiger partial charge in [0.1, 0.15) is 12.2 Å². The van der Waals surface area contributed by atoms with Crippen molar-refractivity contribution in [2.24, 2.45) is 0 Å². The zero-order valence-electron chi connectivity index (χ0n) is 5.97.